The van der Waals surface area contributed by atoms with Gasteiger partial charge in [-0.25, -0.2) is 4.39 Å². The molecule has 0 bridgehead atoms. The van der Waals surface area contributed by atoms with Crippen molar-refractivity contribution in [1.29, 1.82) is 0 Å². The number of nitrogens with zero attached hydrogens (tertiary/aromatic N) is 1. The number of alkyl halides is 1. The number of nitrogens with one attached hydrogen (secondary N) is 1. The minimum atomic E-state index is -0.246. The summed E-state index contributed by atoms with van der Waals surface area (Å²) in [5.74, 6) is -0.246. The first-order valence-electron chi connectivity index (χ1n) is 4.76. The second-order valence-electron chi connectivity index (χ2n) is 3.40. The summed E-state index contributed by atoms with van der Waals surface area (Å²) in [5, 5.41) is 7.57. The fraction of sp³-hybridized carbons (Fsp3) is 0.0833. The third-order valence-electron chi connectivity index (χ3n) is 2.31. The van der Waals surface area contributed by atoms with Crippen molar-refractivity contribution in [3.05, 3.63) is 48.4 Å². The molecule has 1 aromatic heterocycles. The Morgan fingerprint density at radius 3 is 2.69 bits per heavy atom. The molecule has 0 aliphatic carbocycles. The predicted octanol–water partition coefficient (Wildman–Crippen LogP) is 3.62. The van der Waals surface area contributed by atoms with Crippen molar-refractivity contribution in [3.8, 4) is 11.3 Å². The molecule has 2 nitrogen and oxygen atoms in total. The fourth-order valence-electron chi connectivity index (χ4n) is 1.46. The number of benzene rings is 1. The van der Waals surface area contributed by atoms with Crippen LogP contribution < -0.4 is 0 Å². The Morgan fingerprint density at radius 1 is 1.38 bits per heavy atom. The van der Waals surface area contributed by atoms with Crippen molar-refractivity contribution >= 4 is 21.5 Å². The molecule has 0 unspecified atom stereocenters. The molecule has 0 saturated heterocycles. The lowest BCUT2D eigenvalue weighted by Crippen LogP contribution is -1.87. The minimum absolute atomic E-state index is 0.246. The Labute approximate surface area is 101 Å². The smallest absolute Gasteiger partial charge is 0.123 e. The third kappa shape index (κ3) is 2.07. The molecule has 0 aliphatic rings. The molecule has 16 heavy (non-hydrogen) atoms. The molecule has 0 spiro atoms. The number of hydrogen-bond acceptors (Lipinski definition) is 1. The van der Waals surface area contributed by atoms with E-state index in [2.05, 4.69) is 32.7 Å². The Kier molecular flexibility index (Phi) is 3.19. The maximum atomic E-state index is 12.8. The van der Waals surface area contributed by atoms with E-state index in [1.165, 1.54) is 12.1 Å². The lowest BCUT2D eigenvalue weighted by molar-refractivity contribution is 0.628. The van der Waals surface area contributed by atoms with Gasteiger partial charge in [-0.15, -0.1) is 0 Å². The molecule has 0 radical (unpaired) electrons. The lowest BCUT2D eigenvalue weighted by atomic mass is 10.0. The molecule has 0 saturated carbocycles. The number of halogens is 2. The van der Waals surface area contributed by atoms with Crippen molar-refractivity contribution in [2.24, 2.45) is 0 Å². The Morgan fingerprint density at radius 2 is 2.06 bits per heavy atom. The van der Waals surface area contributed by atoms with Crippen molar-refractivity contribution in [2.45, 2.75) is 0 Å². The van der Waals surface area contributed by atoms with E-state index < -0.39 is 0 Å². The van der Waals surface area contributed by atoms with E-state index in [0.717, 1.165) is 22.4 Å². The molecule has 1 heterocycles. The average Bonchev–Trinajstić information content (AvgIpc) is 2.78. The number of aromatic nitrogens is 2. The maximum absolute atomic E-state index is 12.8. The van der Waals surface area contributed by atoms with Crippen molar-refractivity contribution in [3.63, 3.8) is 0 Å². The van der Waals surface area contributed by atoms with E-state index in [9.17, 15) is 4.39 Å². The summed E-state index contributed by atoms with van der Waals surface area (Å²) >= 11 is 3.35. The van der Waals surface area contributed by atoms with Crippen molar-refractivity contribution in [2.75, 3.05) is 5.33 Å². The molecule has 2 aromatic rings. The monoisotopic (exact) mass is 280 g/mol. The van der Waals surface area contributed by atoms with Gasteiger partial charge >= 0.3 is 0 Å². The molecular weight excluding hydrogens is 271 g/mol. The highest BCUT2D eigenvalue weighted by Crippen LogP contribution is 2.26. The Hall–Kier alpha value is -1.42. The third-order valence-corrected chi connectivity index (χ3v) is 2.99. The second kappa shape index (κ2) is 4.61. The highest BCUT2D eigenvalue weighted by Gasteiger charge is 2.09. The molecule has 1 N–H and O–H groups in total. The summed E-state index contributed by atoms with van der Waals surface area (Å²) in [4.78, 5) is 0. The van der Waals surface area contributed by atoms with Crippen molar-refractivity contribution in [1.82, 2.24) is 10.2 Å². The van der Waals surface area contributed by atoms with Crippen LogP contribution in [0.25, 0.3) is 16.8 Å². The largest absolute Gasteiger partial charge is 0.277 e. The zero-order chi connectivity index (χ0) is 11.5. The van der Waals surface area contributed by atoms with Crippen LogP contribution in [0.3, 0.4) is 0 Å². The normalized spacial score (nSPS) is 10.4. The predicted molar refractivity (Wildman–Crippen MR) is 66.8 cm³/mol. The van der Waals surface area contributed by atoms with E-state index >= 15 is 0 Å². The first-order chi connectivity index (χ1) is 7.72. The Balaban J connectivity index is 2.44. The second-order valence-corrected chi connectivity index (χ2v) is 3.96. The lowest BCUT2D eigenvalue weighted by Gasteiger charge is -2.03. The molecule has 0 atom stereocenters. The first-order valence-corrected chi connectivity index (χ1v) is 5.88. The van der Waals surface area contributed by atoms with E-state index in [-0.39, 0.29) is 5.82 Å². The van der Waals surface area contributed by atoms with Gasteiger partial charge in [0.1, 0.15) is 5.82 Å². The number of allylic oxidation sites excluding steroid dienone is 1. The SMILES string of the molecule is C=C(CBr)c1cn[nH]c1-c1ccc(F)cc1. The molecule has 0 fully saturated rings. The standard InChI is InChI=1S/C12H10BrFN2/c1-8(6-13)11-7-15-16-12(11)9-2-4-10(14)5-3-9/h2-5,7H,1,6H2,(H,15,16). The molecule has 1 aromatic carbocycles. The van der Waals surface area contributed by atoms with Gasteiger partial charge in [-0.3, -0.25) is 5.10 Å². The van der Waals surface area contributed by atoms with Crippen LogP contribution in [0.15, 0.2) is 37.0 Å². The summed E-state index contributed by atoms with van der Waals surface area (Å²) < 4.78 is 12.8. The van der Waals surface area contributed by atoms with Gasteiger partial charge < -0.3 is 0 Å². The van der Waals surface area contributed by atoms with Crippen LogP contribution in [0, 0.1) is 5.82 Å². The van der Waals surface area contributed by atoms with Gasteiger partial charge in [-0.1, -0.05) is 22.5 Å². The molecule has 0 amide bonds. The summed E-state index contributed by atoms with van der Waals surface area (Å²) in [5.41, 5.74) is 3.65. The van der Waals surface area contributed by atoms with Crippen LogP contribution in [0.2, 0.25) is 0 Å². The quantitative estimate of drug-likeness (QED) is 0.855. The Bertz CT molecular complexity index is 502. The number of aromatic amines is 1. The van der Waals surface area contributed by atoms with Crippen LogP contribution in [-0.4, -0.2) is 15.5 Å². The summed E-state index contributed by atoms with van der Waals surface area (Å²) in [6.45, 7) is 3.94. The summed E-state index contributed by atoms with van der Waals surface area (Å²) in [6.07, 6.45) is 1.72. The zero-order valence-electron chi connectivity index (χ0n) is 8.50. The van der Waals surface area contributed by atoms with Gasteiger partial charge in [-0.2, -0.15) is 5.10 Å². The highest BCUT2D eigenvalue weighted by atomic mass is 79.9. The first kappa shape index (κ1) is 11.1. The van der Waals surface area contributed by atoms with E-state index in [4.69, 9.17) is 0 Å². The molecule has 4 heteroatoms. The van der Waals surface area contributed by atoms with E-state index in [1.807, 2.05) is 0 Å². The summed E-state index contributed by atoms with van der Waals surface area (Å²) in [6, 6.07) is 6.29. The maximum Gasteiger partial charge on any atom is 0.123 e. The van der Waals surface area contributed by atoms with Gasteiger partial charge in [0, 0.05) is 16.5 Å². The van der Waals surface area contributed by atoms with Crippen LogP contribution in [0.1, 0.15) is 5.56 Å². The van der Waals surface area contributed by atoms with E-state index in [0.29, 0.717) is 5.33 Å². The van der Waals surface area contributed by atoms with Crippen molar-refractivity contribution < 1.29 is 4.39 Å². The van der Waals surface area contributed by atoms with Crippen LogP contribution in [0.5, 0.6) is 0 Å². The number of hydrogen-bond donors (Lipinski definition) is 1. The average molecular weight is 281 g/mol. The van der Waals surface area contributed by atoms with Crippen LogP contribution in [-0.2, 0) is 0 Å². The zero-order valence-corrected chi connectivity index (χ0v) is 10.1. The van der Waals surface area contributed by atoms with Crippen LogP contribution in [0.4, 0.5) is 4.39 Å². The van der Waals surface area contributed by atoms with Gasteiger partial charge in [0.15, 0.2) is 0 Å². The van der Waals surface area contributed by atoms with E-state index in [1.54, 1.807) is 18.3 Å². The highest BCUT2D eigenvalue weighted by molar-refractivity contribution is 9.09. The van der Waals surface area contributed by atoms with Gasteiger partial charge in [0.05, 0.1) is 11.9 Å². The minimum Gasteiger partial charge on any atom is -0.277 e. The molecular formula is C12H10BrFN2. The fourth-order valence-corrected chi connectivity index (χ4v) is 1.76. The number of rotatable bonds is 3. The summed E-state index contributed by atoms with van der Waals surface area (Å²) in [7, 11) is 0. The number of H-pyrrole nitrogens is 1. The molecule has 0 aliphatic heterocycles. The molecule has 2 rings (SSSR count). The van der Waals surface area contributed by atoms with Crippen LogP contribution >= 0.6 is 15.9 Å². The van der Waals surface area contributed by atoms with Gasteiger partial charge in [0.25, 0.3) is 0 Å². The topological polar surface area (TPSA) is 28.7 Å². The van der Waals surface area contributed by atoms with Gasteiger partial charge in [0.2, 0.25) is 0 Å². The molecule has 82 valence electrons. The van der Waals surface area contributed by atoms with Gasteiger partial charge in [-0.05, 0) is 29.8 Å².